The molecule has 4 heteroatoms. The average molecular weight is 549 g/mol. The lowest BCUT2D eigenvalue weighted by Crippen LogP contribution is -1.89. The zero-order valence-corrected chi connectivity index (χ0v) is 23.2. The molecule has 0 unspecified atom stereocenters. The van der Waals surface area contributed by atoms with Gasteiger partial charge in [-0.15, -0.1) is 22.7 Å². The van der Waals surface area contributed by atoms with Crippen molar-refractivity contribution >= 4 is 68.8 Å². The van der Waals surface area contributed by atoms with Crippen molar-refractivity contribution in [2.75, 3.05) is 0 Å². The maximum atomic E-state index is 5.01. The van der Waals surface area contributed by atoms with Crippen molar-refractivity contribution in [3.05, 3.63) is 142 Å². The van der Waals surface area contributed by atoms with E-state index in [1.165, 1.54) is 30.6 Å². The van der Waals surface area contributed by atoms with Gasteiger partial charge in [-0.05, 0) is 71.8 Å². The molecule has 0 aliphatic rings. The van der Waals surface area contributed by atoms with E-state index in [-0.39, 0.29) is 0 Å². The van der Waals surface area contributed by atoms with Gasteiger partial charge in [-0.3, -0.25) is 0 Å². The lowest BCUT2D eigenvalue weighted by Gasteiger charge is -2.05. The highest BCUT2D eigenvalue weighted by molar-refractivity contribution is 7.16. The normalized spacial score (nSPS) is 11.8. The van der Waals surface area contributed by atoms with Gasteiger partial charge in [0, 0.05) is 30.3 Å². The molecule has 0 aliphatic heterocycles. The molecule has 0 radical (unpaired) electrons. The first-order valence-electron chi connectivity index (χ1n) is 13.2. The van der Waals surface area contributed by atoms with Crippen LogP contribution < -0.4 is 0 Å². The summed E-state index contributed by atoms with van der Waals surface area (Å²) in [7, 11) is 0. The van der Waals surface area contributed by atoms with Gasteiger partial charge in [0.2, 0.25) is 0 Å². The Labute approximate surface area is 241 Å². The molecule has 0 aliphatic carbocycles. The number of fused-ring (bicyclic) bond motifs is 3. The smallest absolute Gasteiger partial charge is 0.0972 e. The van der Waals surface area contributed by atoms with Gasteiger partial charge in [-0.25, -0.2) is 9.97 Å². The van der Waals surface area contributed by atoms with E-state index in [4.69, 9.17) is 9.97 Å². The Morgan fingerprint density at radius 2 is 0.825 bits per heavy atom. The number of thiophene rings is 2. The summed E-state index contributed by atoms with van der Waals surface area (Å²) in [4.78, 5) is 15.0. The molecule has 0 amide bonds. The van der Waals surface area contributed by atoms with Crippen LogP contribution in [-0.4, -0.2) is 9.97 Å². The van der Waals surface area contributed by atoms with E-state index in [0.29, 0.717) is 0 Å². The van der Waals surface area contributed by atoms with E-state index >= 15 is 0 Å². The fourth-order valence-electron chi connectivity index (χ4n) is 4.72. The molecule has 0 saturated heterocycles. The van der Waals surface area contributed by atoms with E-state index in [9.17, 15) is 0 Å². The standard InChI is InChI=1S/C36H24N2S2/c1-3-7-25(8-4-1)33-23-21-31(39-33)19-17-29-15-13-27-11-12-28-14-16-30(38-36(28)35(27)37-29)18-20-32-22-24-34(40-32)26-9-5-2-6-10-26/h1-24H/b19-17+,20-18+. The summed E-state index contributed by atoms with van der Waals surface area (Å²) in [5.41, 5.74) is 6.18. The first-order valence-corrected chi connectivity index (χ1v) is 14.8. The third-order valence-corrected chi connectivity index (χ3v) is 8.97. The third kappa shape index (κ3) is 5.15. The summed E-state index contributed by atoms with van der Waals surface area (Å²) < 4.78 is 0. The van der Waals surface area contributed by atoms with Crippen LogP contribution in [0.5, 0.6) is 0 Å². The maximum Gasteiger partial charge on any atom is 0.0972 e. The Kier molecular flexibility index (Phi) is 6.62. The van der Waals surface area contributed by atoms with Crippen LogP contribution in [0.2, 0.25) is 0 Å². The number of rotatable bonds is 6. The molecule has 2 nitrogen and oxygen atoms in total. The molecule has 4 aromatic heterocycles. The molecule has 0 N–H and O–H groups in total. The van der Waals surface area contributed by atoms with E-state index in [2.05, 4.69) is 133 Å². The zero-order chi connectivity index (χ0) is 26.7. The third-order valence-electron chi connectivity index (χ3n) is 6.77. The Morgan fingerprint density at radius 1 is 0.400 bits per heavy atom. The van der Waals surface area contributed by atoms with Gasteiger partial charge in [-0.1, -0.05) is 84.9 Å². The van der Waals surface area contributed by atoms with E-state index in [0.717, 1.165) is 33.2 Å². The van der Waals surface area contributed by atoms with Crippen LogP contribution in [0.1, 0.15) is 21.1 Å². The Bertz CT molecular complexity index is 1850. The van der Waals surface area contributed by atoms with Crippen LogP contribution in [0.25, 0.3) is 67.0 Å². The summed E-state index contributed by atoms with van der Waals surface area (Å²) in [6.07, 6.45) is 8.46. The van der Waals surface area contributed by atoms with Crippen LogP contribution in [0.4, 0.5) is 0 Å². The Morgan fingerprint density at radius 3 is 1.27 bits per heavy atom. The van der Waals surface area contributed by atoms with Crippen LogP contribution >= 0.6 is 22.7 Å². The predicted molar refractivity (Wildman–Crippen MR) is 174 cm³/mol. The average Bonchev–Trinajstić information content (AvgIpc) is 3.70. The largest absolute Gasteiger partial charge is 0.246 e. The number of hydrogen-bond donors (Lipinski definition) is 0. The molecule has 0 spiro atoms. The molecule has 190 valence electrons. The Balaban J connectivity index is 1.17. The highest BCUT2D eigenvalue weighted by atomic mass is 32.1. The Hall–Kier alpha value is -4.64. The molecule has 3 aromatic carbocycles. The summed E-state index contributed by atoms with van der Waals surface area (Å²) >= 11 is 3.57. The number of benzene rings is 3. The first-order chi connectivity index (χ1) is 19.8. The number of aromatic nitrogens is 2. The molecular weight excluding hydrogens is 525 g/mol. The fourth-order valence-corrected chi connectivity index (χ4v) is 6.55. The molecule has 7 rings (SSSR count). The number of nitrogens with zero attached hydrogens (tertiary/aromatic N) is 2. The SMILES string of the molecule is C(=C\c1ccc(-c2ccccc2)s1)/c1ccc2ccc3ccc(/C=C/c4ccc(-c5ccccc5)s4)nc3c2n1. The number of pyridine rings is 2. The van der Waals surface area contributed by atoms with Gasteiger partial charge >= 0.3 is 0 Å². The predicted octanol–water partition coefficient (Wildman–Crippen LogP) is 10.6. The second-order valence-electron chi connectivity index (χ2n) is 9.48. The minimum atomic E-state index is 0.921. The van der Waals surface area contributed by atoms with Crippen LogP contribution in [0.3, 0.4) is 0 Å². The molecule has 4 heterocycles. The molecule has 0 saturated carbocycles. The van der Waals surface area contributed by atoms with Crippen molar-refractivity contribution in [2.24, 2.45) is 0 Å². The zero-order valence-electron chi connectivity index (χ0n) is 21.6. The van der Waals surface area contributed by atoms with Crippen LogP contribution in [-0.2, 0) is 0 Å². The van der Waals surface area contributed by atoms with E-state index in [1.807, 2.05) is 12.1 Å². The first kappa shape index (κ1) is 24.4. The highest BCUT2D eigenvalue weighted by Crippen LogP contribution is 2.31. The second kappa shape index (κ2) is 10.9. The summed E-state index contributed by atoms with van der Waals surface area (Å²) in [5.74, 6) is 0. The van der Waals surface area contributed by atoms with Gasteiger partial charge in [0.1, 0.15) is 0 Å². The lowest BCUT2D eigenvalue weighted by molar-refractivity contribution is 1.34. The second-order valence-corrected chi connectivity index (χ2v) is 11.7. The quantitative estimate of drug-likeness (QED) is 0.193. The number of hydrogen-bond acceptors (Lipinski definition) is 4. The van der Waals surface area contributed by atoms with Crippen LogP contribution in [0, 0.1) is 0 Å². The van der Waals surface area contributed by atoms with Crippen LogP contribution in [0.15, 0.2) is 121 Å². The van der Waals surface area contributed by atoms with Crippen molar-refractivity contribution in [3.63, 3.8) is 0 Å². The van der Waals surface area contributed by atoms with E-state index in [1.54, 1.807) is 22.7 Å². The van der Waals surface area contributed by atoms with Gasteiger partial charge in [-0.2, -0.15) is 0 Å². The molecule has 0 bridgehead atoms. The minimum absolute atomic E-state index is 0.921. The van der Waals surface area contributed by atoms with E-state index < -0.39 is 0 Å². The van der Waals surface area contributed by atoms with Crippen molar-refractivity contribution < 1.29 is 0 Å². The fraction of sp³-hybridized carbons (Fsp3) is 0. The van der Waals surface area contributed by atoms with Crippen molar-refractivity contribution in [1.82, 2.24) is 9.97 Å². The summed E-state index contributed by atoms with van der Waals surface area (Å²) in [5, 5.41) is 2.18. The minimum Gasteiger partial charge on any atom is -0.246 e. The molecule has 0 atom stereocenters. The molecule has 40 heavy (non-hydrogen) atoms. The maximum absolute atomic E-state index is 5.01. The molecular formula is C36H24N2S2. The monoisotopic (exact) mass is 548 g/mol. The van der Waals surface area contributed by atoms with Crippen molar-refractivity contribution in [1.29, 1.82) is 0 Å². The summed E-state index contributed by atoms with van der Waals surface area (Å²) in [6.45, 7) is 0. The lowest BCUT2D eigenvalue weighted by atomic mass is 10.1. The summed E-state index contributed by atoms with van der Waals surface area (Å²) in [6, 6.07) is 42.3. The van der Waals surface area contributed by atoms with Gasteiger partial charge in [0.25, 0.3) is 0 Å². The molecule has 7 aromatic rings. The van der Waals surface area contributed by atoms with Gasteiger partial charge in [0.05, 0.1) is 22.4 Å². The van der Waals surface area contributed by atoms with Gasteiger partial charge in [0.15, 0.2) is 0 Å². The topological polar surface area (TPSA) is 25.8 Å². The van der Waals surface area contributed by atoms with Crippen molar-refractivity contribution in [2.45, 2.75) is 0 Å². The van der Waals surface area contributed by atoms with Gasteiger partial charge < -0.3 is 0 Å². The molecule has 0 fully saturated rings. The highest BCUT2D eigenvalue weighted by Gasteiger charge is 2.06. The van der Waals surface area contributed by atoms with Crippen molar-refractivity contribution in [3.8, 4) is 20.9 Å².